The molecule has 0 saturated heterocycles. The van der Waals surface area contributed by atoms with E-state index in [2.05, 4.69) is 25.8 Å². The number of rotatable bonds is 8. The number of nitrogens with zero attached hydrogens (tertiary/aromatic N) is 2. The summed E-state index contributed by atoms with van der Waals surface area (Å²) >= 11 is 1.39. The van der Waals surface area contributed by atoms with Gasteiger partial charge >= 0.3 is 5.97 Å². The third-order valence-corrected chi connectivity index (χ3v) is 6.85. The average molecular weight is 487 g/mol. The Bertz CT molecular complexity index is 1070. The number of ether oxygens (including phenoxy) is 2. The Morgan fingerprint density at radius 1 is 1.26 bits per heavy atom. The van der Waals surface area contributed by atoms with Gasteiger partial charge in [-0.25, -0.2) is 9.78 Å². The molecule has 8 heteroatoms. The SMILES string of the molecule is COCC1=C[C@@](CC(C)C)(C(=O)O)N(C(=O)c2ccc(C(C)(C)C)c(OC)c2)[C@H]1c1nccs1. The smallest absolute Gasteiger partial charge is 0.333 e. The second kappa shape index (κ2) is 9.88. The molecule has 1 aliphatic rings. The van der Waals surface area contributed by atoms with Gasteiger partial charge in [-0.1, -0.05) is 40.7 Å². The quantitative estimate of drug-likeness (QED) is 0.523. The molecule has 1 aromatic carbocycles. The number of methoxy groups -OCH3 is 2. The molecule has 184 valence electrons. The van der Waals surface area contributed by atoms with Crippen LogP contribution in [0.5, 0.6) is 5.75 Å². The summed E-state index contributed by atoms with van der Waals surface area (Å²) in [5, 5.41) is 13.0. The summed E-state index contributed by atoms with van der Waals surface area (Å²) in [7, 11) is 3.14. The molecule has 3 rings (SSSR count). The second-order valence-corrected chi connectivity index (χ2v) is 11.0. The maximum Gasteiger partial charge on any atom is 0.333 e. The monoisotopic (exact) mass is 486 g/mol. The molecule has 2 aromatic rings. The molecule has 2 heterocycles. The minimum Gasteiger partial charge on any atom is -0.496 e. The molecule has 0 unspecified atom stereocenters. The van der Waals surface area contributed by atoms with Crippen molar-refractivity contribution in [2.24, 2.45) is 5.92 Å². The molecule has 0 fully saturated rings. The van der Waals surface area contributed by atoms with Gasteiger partial charge in [0.15, 0.2) is 5.54 Å². The number of amides is 1. The largest absolute Gasteiger partial charge is 0.496 e. The van der Waals surface area contributed by atoms with Crippen LogP contribution < -0.4 is 4.74 Å². The van der Waals surface area contributed by atoms with Crippen molar-refractivity contribution in [3.63, 3.8) is 0 Å². The number of carbonyl (C=O) groups excluding carboxylic acids is 1. The van der Waals surface area contributed by atoms with Crippen molar-refractivity contribution < 1.29 is 24.2 Å². The lowest BCUT2D eigenvalue weighted by atomic mass is 9.85. The van der Waals surface area contributed by atoms with Crippen LogP contribution in [0.15, 0.2) is 41.4 Å². The molecule has 0 spiro atoms. The molecule has 1 N–H and O–H groups in total. The fourth-order valence-electron chi connectivity index (χ4n) is 4.69. The Morgan fingerprint density at radius 3 is 2.47 bits per heavy atom. The van der Waals surface area contributed by atoms with Crippen molar-refractivity contribution >= 4 is 23.2 Å². The van der Waals surface area contributed by atoms with Gasteiger partial charge in [-0.05, 0) is 47.1 Å². The highest BCUT2D eigenvalue weighted by Crippen LogP contribution is 2.47. The second-order valence-electron chi connectivity index (χ2n) is 10.1. The molecule has 0 saturated carbocycles. The van der Waals surface area contributed by atoms with Crippen LogP contribution >= 0.6 is 11.3 Å². The summed E-state index contributed by atoms with van der Waals surface area (Å²) in [6.07, 6.45) is 3.63. The van der Waals surface area contributed by atoms with Gasteiger partial charge in [0.25, 0.3) is 5.91 Å². The number of thiazole rings is 1. The number of aromatic nitrogens is 1. The van der Waals surface area contributed by atoms with Gasteiger partial charge in [-0.15, -0.1) is 11.3 Å². The zero-order chi connectivity index (χ0) is 25.3. The number of hydrogen-bond donors (Lipinski definition) is 1. The highest BCUT2D eigenvalue weighted by molar-refractivity contribution is 7.09. The lowest BCUT2D eigenvalue weighted by molar-refractivity contribution is -0.147. The van der Waals surface area contributed by atoms with Crippen molar-refractivity contribution in [1.82, 2.24) is 9.88 Å². The van der Waals surface area contributed by atoms with E-state index in [1.165, 1.54) is 16.2 Å². The van der Waals surface area contributed by atoms with Gasteiger partial charge < -0.3 is 19.5 Å². The molecule has 1 aliphatic heterocycles. The van der Waals surface area contributed by atoms with E-state index in [4.69, 9.17) is 9.47 Å². The van der Waals surface area contributed by atoms with Gasteiger partial charge in [-0.2, -0.15) is 0 Å². The number of benzene rings is 1. The van der Waals surface area contributed by atoms with E-state index in [1.54, 1.807) is 38.6 Å². The van der Waals surface area contributed by atoms with Crippen LogP contribution in [0.25, 0.3) is 0 Å². The standard InChI is InChI=1S/C26H34N2O5S/c1-16(2)13-26(24(30)31)14-18(15-32-6)21(22-27-10-11-34-22)28(26)23(29)17-8-9-19(25(3,4)5)20(12-17)33-7/h8-12,14,16,21H,13,15H2,1-7H3,(H,30,31)/t21-,26+/m1/s1. The topological polar surface area (TPSA) is 89.0 Å². The van der Waals surface area contributed by atoms with Crippen molar-refractivity contribution in [1.29, 1.82) is 0 Å². The van der Waals surface area contributed by atoms with E-state index in [1.807, 2.05) is 25.3 Å². The number of carbonyl (C=O) groups is 2. The molecule has 0 radical (unpaired) electrons. The van der Waals surface area contributed by atoms with E-state index in [-0.39, 0.29) is 30.3 Å². The highest BCUT2D eigenvalue weighted by Gasteiger charge is 2.55. The molecule has 34 heavy (non-hydrogen) atoms. The van der Waals surface area contributed by atoms with E-state index in [0.717, 1.165) is 5.56 Å². The van der Waals surface area contributed by atoms with Crippen LogP contribution in [0, 0.1) is 5.92 Å². The normalized spacial score (nSPS) is 20.5. The predicted octanol–water partition coefficient (Wildman–Crippen LogP) is 5.09. The molecule has 1 aromatic heterocycles. The minimum atomic E-state index is -1.52. The van der Waals surface area contributed by atoms with Crippen LogP contribution in [0.1, 0.15) is 68.0 Å². The molecule has 7 nitrogen and oxygen atoms in total. The molecule has 0 bridgehead atoms. The van der Waals surface area contributed by atoms with Crippen LogP contribution in [-0.4, -0.2) is 53.2 Å². The summed E-state index contributed by atoms with van der Waals surface area (Å²) in [6, 6.07) is 4.71. The van der Waals surface area contributed by atoms with Gasteiger partial charge in [0.1, 0.15) is 16.8 Å². The first kappa shape index (κ1) is 25.9. The first-order valence-electron chi connectivity index (χ1n) is 11.3. The van der Waals surface area contributed by atoms with Crippen molar-refractivity contribution in [2.75, 3.05) is 20.8 Å². The first-order chi connectivity index (χ1) is 16.0. The summed E-state index contributed by atoms with van der Waals surface area (Å²) in [5.41, 5.74) is 0.347. The Morgan fingerprint density at radius 2 is 1.97 bits per heavy atom. The van der Waals surface area contributed by atoms with Crippen LogP contribution in [0.2, 0.25) is 0 Å². The lowest BCUT2D eigenvalue weighted by Gasteiger charge is -2.39. The molecule has 1 amide bonds. The van der Waals surface area contributed by atoms with E-state index in [9.17, 15) is 14.7 Å². The summed E-state index contributed by atoms with van der Waals surface area (Å²) in [5.74, 6) is -0.831. The lowest BCUT2D eigenvalue weighted by Crippen LogP contribution is -2.54. The Kier molecular flexibility index (Phi) is 7.53. The first-order valence-corrected chi connectivity index (χ1v) is 12.2. The van der Waals surface area contributed by atoms with Gasteiger partial charge in [0, 0.05) is 24.3 Å². The maximum absolute atomic E-state index is 14.1. The van der Waals surface area contributed by atoms with E-state index < -0.39 is 17.6 Å². The number of carboxylic acid groups (broad SMARTS) is 1. The van der Waals surface area contributed by atoms with E-state index >= 15 is 0 Å². The summed E-state index contributed by atoms with van der Waals surface area (Å²) < 4.78 is 11.0. The van der Waals surface area contributed by atoms with Gasteiger partial charge in [0.2, 0.25) is 0 Å². The fraction of sp³-hybridized carbons (Fsp3) is 0.500. The Balaban J connectivity index is 2.21. The third-order valence-electron chi connectivity index (χ3n) is 6.02. The number of carboxylic acids is 1. The zero-order valence-electron chi connectivity index (χ0n) is 20.9. The van der Waals surface area contributed by atoms with Crippen molar-refractivity contribution in [3.8, 4) is 5.75 Å². The van der Waals surface area contributed by atoms with Crippen LogP contribution in [-0.2, 0) is 14.9 Å². The Hall–Kier alpha value is -2.71. The van der Waals surface area contributed by atoms with Gasteiger partial charge in [0.05, 0.1) is 13.7 Å². The van der Waals surface area contributed by atoms with E-state index in [0.29, 0.717) is 21.9 Å². The van der Waals surface area contributed by atoms with Gasteiger partial charge in [-0.3, -0.25) is 4.79 Å². The average Bonchev–Trinajstić information content (AvgIpc) is 3.38. The zero-order valence-corrected chi connectivity index (χ0v) is 21.7. The summed E-state index contributed by atoms with van der Waals surface area (Å²) in [6.45, 7) is 10.3. The molecule has 2 atom stereocenters. The maximum atomic E-state index is 14.1. The molecular weight excluding hydrogens is 452 g/mol. The van der Waals surface area contributed by atoms with Crippen LogP contribution in [0.4, 0.5) is 0 Å². The number of aliphatic carboxylic acids is 1. The Labute approximate surface area is 205 Å². The fourth-order valence-corrected chi connectivity index (χ4v) is 5.46. The van der Waals surface area contributed by atoms with Crippen molar-refractivity contribution in [3.05, 3.63) is 57.6 Å². The number of hydrogen-bond acceptors (Lipinski definition) is 6. The van der Waals surface area contributed by atoms with Crippen LogP contribution in [0.3, 0.4) is 0 Å². The highest BCUT2D eigenvalue weighted by atomic mass is 32.1. The third kappa shape index (κ3) is 4.74. The minimum absolute atomic E-state index is 0.0271. The molecule has 0 aliphatic carbocycles. The molecular formula is C26H34N2O5S. The summed E-state index contributed by atoms with van der Waals surface area (Å²) in [4.78, 5) is 32.9. The predicted molar refractivity (Wildman–Crippen MR) is 132 cm³/mol. The van der Waals surface area contributed by atoms with Crippen molar-refractivity contribution in [2.45, 2.75) is 58.0 Å².